The predicted molar refractivity (Wildman–Crippen MR) is 37.0 cm³/mol. The van der Waals surface area contributed by atoms with Crippen molar-refractivity contribution in [1.82, 2.24) is 0 Å². The average Bonchev–Trinajstić information content (AvgIpc) is 2.04. The summed E-state index contributed by atoms with van der Waals surface area (Å²) in [6.45, 7) is 0. The van der Waals surface area contributed by atoms with Crippen LogP contribution in [0.15, 0.2) is 30.3 Å². The van der Waals surface area contributed by atoms with Gasteiger partial charge in [0, 0.05) is 0 Å². The Hall–Kier alpha value is -1.33. The lowest BCUT2D eigenvalue weighted by Gasteiger charge is -1.98. The molecule has 2 nitrogen and oxygen atoms in total. The van der Waals surface area contributed by atoms with Gasteiger partial charge in [-0.1, -0.05) is 30.3 Å². The Labute approximate surface area is 60.8 Å². The average molecular weight is 134 g/mol. The van der Waals surface area contributed by atoms with Gasteiger partial charge in [0.2, 0.25) is 0 Å². The third-order valence-corrected chi connectivity index (χ3v) is 1.15. The fourth-order valence-corrected chi connectivity index (χ4v) is 0.647. The molecule has 0 aliphatic rings. The van der Waals surface area contributed by atoms with Gasteiger partial charge >= 0.3 is 0 Å². The minimum absolute atomic E-state index is 0.196. The largest absolute Gasteiger partial charge is 0.374 e. The summed E-state index contributed by atoms with van der Waals surface area (Å²) in [6, 6.07) is 8.34. The highest BCUT2D eigenvalue weighted by Crippen LogP contribution is 2.09. The summed E-state index contributed by atoms with van der Waals surface area (Å²) in [5.74, 6) is 0. The molecule has 1 aromatic rings. The first-order valence-electron chi connectivity index (χ1n) is 3.39. The number of nitriles is 1. The van der Waals surface area contributed by atoms with Crippen LogP contribution in [0.5, 0.6) is 0 Å². The molecule has 0 aliphatic heterocycles. The summed E-state index contributed by atoms with van der Waals surface area (Å²) in [4.78, 5) is 0. The molecule has 0 fully saturated rings. The molecule has 0 saturated carbocycles. The summed E-state index contributed by atoms with van der Waals surface area (Å²) in [5, 5.41) is 17.4. The molecule has 1 N–H and O–H groups in total. The van der Waals surface area contributed by atoms with E-state index in [1.54, 1.807) is 24.3 Å². The number of rotatable bonds is 1. The van der Waals surface area contributed by atoms with Crippen LogP contribution >= 0.6 is 0 Å². The van der Waals surface area contributed by atoms with Crippen molar-refractivity contribution in [2.24, 2.45) is 0 Å². The molecule has 0 saturated heterocycles. The minimum atomic E-state index is -1.18. The number of hydrogen-bond donors (Lipinski definition) is 1. The molecule has 0 bridgehead atoms. The highest BCUT2D eigenvalue weighted by atomic mass is 16.3. The van der Waals surface area contributed by atoms with Gasteiger partial charge < -0.3 is 5.11 Å². The Balaban J connectivity index is 3.05. The number of hydrogen-bond acceptors (Lipinski definition) is 2. The zero-order valence-corrected chi connectivity index (χ0v) is 5.28. The highest BCUT2D eigenvalue weighted by Gasteiger charge is 2.01. The molecule has 0 heterocycles. The molecular weight excluding hydrogens is 126 g/mol. The van der Waals surface area contributed by atoms with E-state index in [1.165, 1.54) is 6.07 Å². The maximum atomic E-state index is 9.03. The Morgan fingerprint density at radius 1 is 1.60 bits per heavy atom. The lowest BCUT2D eigenvalue weighted by atomic mass is 10.1. The summed E-state index contributed by atoms with van der Waals surface area (Å²) in [5.41, 5.74) is 0.356. The van der Waals surface area contributed by atoms with E-state index in [0.717, 1.165) is 0 Å². The number of aliphatic hydroxyl groups excluding tert-OH is 1. The van der Waals surface area contributed by atoms with Crippen LogP contribution in [0.3, 0.4) is 0 Å². The van der Waals surface area contributed by atoms with Gasteiger partial charge in [-0.15, -0.1) is 0 Å². The lowest BCUT2D eigenvalue weighted by Crippen LogP contribution is -1.90. The fourth-order valence-electron chi connectivity index (χ4n) is 0.647. The van der Waals surface area contributed by atoms with Crippen molar-refractivity contribution in [1.29, 1.82) is 5.26 Å². The zero-order valence-electron chi connectivity index (χ0n) is 6.28. The monoisotopic (exact) mass is 134 g/mol. The van der Waals surface area contributed by atoms with E-state index in [0.29, 0.717) is 5.56 Å². The molecule has 2 heteroatoms. The summed E-state index contributed by atoms with van der Waals surface area (Å²) in [6.07, 6.45) is -1.18. The molecule has 0 unspecified atom stereocenters. The predicted octanol–water partition coefficient (Wildman–Crippen LogP) is 1.24. The Kier molecular flexibility index (Phi) is 1.63. The molecule has 0 spiro atoms. The van der Waals surface area contributed by atoms with Crippen LogP contribution in [0.1, 0.15) is 13.0 Å². The fraction of sp³-hybridized carbons (Fsp3) is 0.125. The topological polar surface area (TPSA) is 44.0 Å². The van der Waals surface area contributed by atoms with Gasteiger partial charge in [0.15, 0.2) is 6.10 Å². The van der Waals surface area contributed by atoms with Crippen molar-refractivity contribution >= 4 is 0 Å². The molecule has 1 atom stereocenters. The van der Waals surface area contributed by atoms with E-state index < -0.39 is 6.10 Å². The molecule has 0 radical (unpaired) electrons. The number of benzene rings is 1. The van der Waals surface area contributed by atoms with Crippen molar-refractivity contribution < 1.29 is 6.48 Å². The second-order valence-corrected chi connectivity index (χ2v) is 1.85. The van der Waals surface area contributed by atoms with Crippen molar-refractivity contribution in [3.8, 4) is 6.07 Å². The Morgan fingerprint density at radius 3 is 3.00 bits per heavy atom. The minimum Gasteiger partial charge on any atom is -0.374 e. The van der Waals surface area contributed by atoms with Gasteiger partial charge in [0.05, 0.1) is 7.44 Å². The Bertz CT molecular complexity index is 292. The third-order valence-electron chi connectivity index (χ3n) is 1.15. The van der Waals surface area contributed by atoms with Gasteiger partial charge in [0.1, 0.15) is 0 Å². The van der Waals surface area contributed by atoms with Crippen LogP contribution in [0.4, 0.5) is 0 Å². The van der Waals surface area contributed by atoms with Gasteiger partial charge in [-0.2, -0.15) is 5.26 Å². The Morgan fingerprint density at radius 2 is 2.40 bits per heavy atom. The highest BCUT2D eigenvalue weighted by molar-refractivity contribution is 5.21. The van der Waals surface area contributed by atoms with Crippen molar-refractivity contribution in [3.63, 3.8) is 0 Å². The van der Waals surface area contributed by atoms with Gasteiger partial charge in [0.25, 0.3) is 0 Å². The van der Waals surface area contributed by atoms with Gasteiger partial charge in [-0.25, -0.2) is 0 Å². The van der Waals surface area contributed by atoms with E-state index >= 15 is 0 Å². The zero-order chi connectivity index (χ0) is 8.27. The van der Waals surface area contributed by atoms with Gasteiger partial charge in [-0.3, -0.25) is 0 Å². The first kappa shape index (κ1) is 5.45. The van der Waals surface area contributed by atoms with E-state index in [-0.39, 0.29) is 6.04 Å². The van der Waals surface area contributed by atoms with Crippen molar-refractivity contribution in [3.05, 3.63) is 35.9 Å². The molecule has 0 aliphatic carbocycles. The molecule has 0 aromatic heterocycles. The standard InChI is InChI=1S/C8H7NO/c9-6-8(10)7-4-2-1-3-5-7/h1-5,8,10H/t8-/m1/s1/i4D. The smallest absolute Gasteiger partial charge is 0.165 e. The van der Waals surface area contributed by atoms with E-state index in [4.69, 9.17) is 11.7 Å². The van der Waals surface area contributed by atoms with E-state index in [9.17, 15) is 0 Å². The third kappa shape index (κ3) is 1.34. The van der Waals surface area contributed by atoms with Crippen LogP contribution in [0.25, 0.3) is 0 Å². The van der Waals surface area contributed by atoms with Crippen molar-refractivity contribution in [2.45, 2.75) is 6.10 Å². The van der Waals surface area contributed by atoms with Crippen LogP contribution in [0.2, 0.25) is 0 Å². The maximum Gasteiger partial charge on any atom is 0.165 e. The van der Waals surface area contributed by atoms with Crippen LogP contribution in [0, 0.1) is 11.3 Å². The van der Waals surface area contributed by atoms with Crippen LogP contribution in [-0.4, -0.2) is 5.11 Å². The molecular formula is C8H7NO. The summed E-state index contributed by atoms with van der Waals surface area (Å²) >= 11 is 0. The second kappa shape index (κ2) is 3.00. The van der Waals surface area contributed by atoms with Gasteiger partial charge in [-0.05, 0) is 5.56 Å². The van der Waals surface area contributed by atoms with E-state index in [2.05, 4.69) is 0 Å². The molecule has 1 aromatic carbocycles. The SMILES string of the molecule is [2H]c1ccccc1[C@H](O)C#N. The first-order chi connectivity index (χ1) is 5.25. The molecule has 10 heavy (non-hydrogen) atoms. The van der Waals surface area contributed by atoms with Crippen LogP contribution in [-0.2, 0) is 0 Å². The molecule has 50 valence electrons. The van der Waals surface area contributed by atoms with Crippen LogP contribution < -0.4 is 0 Å². The molecule has 1 rings (SSSR count). The number of aliphatic hydroxyl groups is 1. The molecule has 0 amide bonds. The first-order valence-corrected chi connectivity index (χ1v) is 2.89. The summed E-state index contributed by atoms with van der Waals surface area (Å²) < 4.78 is 7.29. The number of nitrogens with zero attached hydrogens (tertiary/aromatic N) is 1. The maximum absolute atomic E-state index is 9.03. The second-order valence-electron chi connectivity index (χ2n) is 1.85. The normalized spacial score (nSPS) is 13.4. The lowest BCUT2D eigenvalue weighted by molar-refractivity contribution is 0.236. The van der Waals surface area contributed by atoms with Crippen molar-refractivity contribution in [2.75, 3.05) is 0 Å². The summed E-state index contributed by atoms with van der Waals surface area (Å²) in [7, 11) is 0. The van der Waals surface area contributed by atoms with E-state index in [1.807, 2.05) is 0 Å². The quantitative estimate of drug-likeness (QED) is 0.587.